The van der Waals surface area contributed by atoms with Gasteiger partial charge in [0.15, 0.2) is 5.82 Å². The Morgan fingerprint density at radius 3 is 2.34 bits per heavy atom. The number of hydrogen-bond donors (Lipinski definition) is 3. The van der Waals surface area contributed by atoms with Gasteiger partial charge in [0.25, 0.3) is 6.43 Å². The molecule has 0 unspecified atom stereocenters. The molecule has 15 heteroatoms. The number of carboxylic acid groups (broad SMARTS) is 1. The van der Waals surface area contributed by atoms with E-state index in [4.69, 9.17) is 19.4 Å². The van der Waals surface area contributed by atoms with E-state index in [1.807, 2.05) is 35.2 Å². The highest BCUT2D eigenvalue weighted by molar-refractivity contribution is 5.86. The predicted molar refractivity (Wildman–Crippen MR) is 197 cm³/mol. The monoisotopic (exact) mass is 734 g/mol. The number of alkyl halides is 2. The maximum absolute atomic E-state index is 14.3. The number of benzene rings is 2. The van der Waals surface area contributed by atoms with Crippen LogP contribution in [0, 0.1) is 0 Å². The molecule has 2 aromatic heterocycles. The van der Waals surface area contributed by atoms with Crippen molar-refractivity contribution in [3.8, 4) is 5.82 Å². The number of fused-ring (bicyclic) bond motifs is 1. The van der Waals surface area contributed by atoms with Gasteiger partial charge in [0.05, 0.1) is 30.9 Å². The Balaban J connectivity index is 1.14. The molecule has 3 N–H and O–H groups in total. The minimum absolute atomic E-state index is 0.00943. The molecule has 1 saturated carbocycles. The number of anilines is 2. The molecule has 2 amide bonds. The third kappa shape index (κ3) is 9.38. The number of hydrogen-bond acceptors (Lipinski definition) is 9. The van der Waals surface area contributed by atoms with Crippen LogP contribution in [-0.2, 0) is 20.9 Å². The maximum Gasteiger partial charge on any atom is 0.408 e. The summed E-state index contributed by atoms with van der Waals surface area (Å²) in [5.74, 6) is 0.455. The summed E-state index contributed by atoms with van der Waals surface area (Å²) in [5.41, 5.74) is 1.14. The van der Waals surface area contributed by atoms with E-state index in [0.29, 0.717) is 81.4 Å². The van der Waals surface area contributed by atoms with Gasteiger partial charge in [0, 0.05) is 49.8 Å². The van der Waals surface area contributed by atoms with Crippen LogP contribution in [0.15, 0.2) is 60.7 Å². The van der Waals surface area contributed by atoms with Gasteiger partial charge in [-0.1, -0.05) is 42.5 Å². The van der Waals surface area contributed by atoms with E-state index in [1.165, 1.54) is 9.47 Å². The summed E-state index contributed by atoms with van der Waals surface area (Å²) in [6.07, 6.45) is -1.09. The fourth-order valence-electron chi connectivity index (χ4n) is 7.06. The summed E-state index contributed by atoms with van der Waals surface area (Å²) in [6.45, 7) is 8.03. The quantitative estimate of drug-likeness (QED) is 0.136. The summed E-state index contributed by atoms with van der Waals surface area (Å²) < 4.78 is 41.4. The smallest absolute Gasteiger partial charge is 0.408 e. The largest absolute Gasteiger partial charge is 0.465 e. The van der Waals surface area contributed by atoms with E-state index in [1.54, 1.807) is 51.1 Å². The first-order valence-corrected chi connectivity index (χ1v) is 18.2. The number of ether oxygens (including phenoxy) is 2. The van der Waals surface area contributed by atoms with Crippen LogP contribution in [-0.4, -0.2) is 98.1 Å². The van der Waals surface area contributed by atoms with Crippen molar-refractivity contribution in [2.24, 2.45) is 0 Å². The fraction of sp³-hybridized carbons (Fsp3) is 0.500. The highest BCUT2D eigenvalue weighted by Gasteiger charge is 2.38. The molecule has 0 spiro atoms. The van der Waals surface area contributed by atoms with E-state index < -0.39 is 29.9 Å². The van der Waals surface area contributed by atoms with Crippen LogP contribution in [0.1, 0.15) is 70.7 Å². The number of morpholine rings is 1. The Morgan fingerprint density at radius 1 is 0.981 bits per heavy atom. The minimum Gasteiger partial charge on any atom is -0.465 e. The number of carbonyl (C=O) groups is 2. The van der Waals surface area contributed by atoms with Gasteiger partial charge >= 0.3 is 6.09 Å². The molecule has 13 nitrogen and oxygen atoms in total. The molecule has 4 aromatic rings. The Kier molecular flexibility index (Phi) is 12.0. The maximum atomic E-state index is 14.3. The number of rotatable bonds is 13. The first-order chi connectivity index (χ1) is 25.5. The number of nitrogens with one attached hydrogen (secondary N) is 2. The second-order valence-electron chi connectivity index (χ2n) is 14.5. The first kappa shape index (κ1) is 37.9. The summed E-state index contributed by atoms with van der Waals surface area (Å²) in [7, 11) is 0. The number of para-hydroxylation sites is 2. The van der Waals surface area contributed by atoms with Crippen LogP contribution in [0.2, 0.25) is 0 Å². The van der Waals surface area contributed by atoms with Gasteiger partial charge in [0.1, 0.15) is 17.7 Å². The molecule has 0 bridgehead atoms. The van der Waals surface area contributed by atoms with Crippen LogP contribution >= 0.6 is 0 Å². The number of carbonyl (C=O) groups excluding carboxylic acids is 1. The number of nitrogens with zero attached hydrogens (tertiary/aromatic N) is 6. The number of aromatic nitrogens is 4. The van der Waals surface area contributed by atoms with Gasteiger partial charge in [-0.2, -0.15) is 9.97 Å². The van der Waals surface area contributed by atoms with Crippen LogP contribution in [0.5, 0.6) is 0 Å². The molecule has 3 heterocycles. The van der Waals surface area contributed by atoms with Gasteiger partial charge < -0.3 is 30.1 Å². The molecule has 0 radical (unpaired) electrons. The molecule has 1 aliphatic carbocycles. The van der Waals surface area contributed by atoms with Crippen LogP contribution in [0.25, 0.3) is 16.9 Å². The standard InChI is InChI=1S/C38H48F2N8O5/c1-38(2,3)48(37(50)51)30(17-20-53-24-25-9-5-4-6-10-25)35(49)42-27-15-13-26(14-16-27)41-31-23-32(45-36(44-31)46-18-21-52-22-19-46)47-29-12-8-7-11-28(29)43-34(47)33(39)40/h4-12,23,26-27,30,33H,13-22,24H2,1-3H3,(H,42,49)(H,50,51)(H,41,44,45)/t26?,27?,30-/m1/s1. The van der Waals surface area contributed by atoms with Crippen LogP contribution in [0.4, 0.5) is 25.3 Å². The zero-order valence-corrected chi connectivity index (χ0v) is 30.4. The zero-order chi connectivity index (χ0) is 37.5. The van der Waals surface area contributed by atoms with Gasteiger partial charge in [-0.25, -0.2) is 18.6 Å². The number of halogens is 2. The second kappa shape index (κ2) is 16.8. The SMILES string of the molecule is CC(C)(C)N(C(=O)O)[C@H](CCOCc1ccccc1)C(=O)NC1CCC(Nc2cc(-n3c(C(F)F)nc4ccccc43)nc(N3CCOCC3)n2)CC1. The van der Waals surface area contributed by atoms with Gasteiger partial charge in [-0.05, 0) is 64.2 Å². The average Bonchev–Trinajstić information content (AvgIpc) is 3.54. The molecular weight excluding hydrogens is 686 g/mol. The van der Waals surface area contributed by atoms with Gasteiger partial charge in [-0.3, -0.25) is 14.3 Å². The fourth-order valence-corrected chi connectivity index (χ4v) is 7.06. The topological polar surface area (TPSA) is 147 Å². The molecule has 2 aromatic carbocycles. The van der Waals surface area contributed by atoms with Crippen molar-refractivity contribution < 1.29 is 33.0 Å². The van der Waals surface area contributed by atoms with Crippen molar-refractivity contribution in [2.45, 2.75) is 89.6 Å². The lowest BCUT2D eigenvalue weighted by Gasteiger charge is -2.40. The minimum atomic E-state index is -2.82. The normalized spacial score (nSPS) is 18.6. The molecule has 1 aliphatic heterocycles. The zero-order valence-electron chi connectivity index (χ0n) is 30.4. The summed E-state index contributed by atoms with van der Waals surface area (Å²) in [6, 6.07) is 17.2. The molecule has 53 heavy (non-hydrogen) atoms. The molecule has 1 atom stereocenters. The molecule has 6 rings (SSSR count). The van der Waals surface area contributed by atoms with Crippen LogP contribution < -0.4 is 15.5 Å². The van der Waals surface area contributed by atoms with Crippen molar-refractivity contribution in [1.82, 2.24) is 29.7 Å². The highest BCUT2D eigenvalue weighted by atomic mass is 19.3. The second-order valence-corrected chi connectivity index (χ2v) is 14.5. The third-order valence-corrected chi connectivity index (χ3v) is 9.62. The lowest BCUT2D eigenvalue weighted by molar-refractivity contribution is -0.129. The van der Waals surface area contributed by atoms with Crippen LogP contribution in [0.3, 0.4) is 0 Å². The summed E-state index contributed by atoms with van der Waals surface area (Å²) >= 11 is 0. The number of amides is 2. The lowest BCUT2D eigenvalue weighted by atomic mass is 9.90. The predicted octanol–water partition coefficient (Wildman–Crippen LogP) is 6.18. The van der Waals surface area contributed by atoms with Crippen molar-refractivity contribution in [3.63, 3.8) is 0 Å². The highest BCUT2D eigenvalue weighted by Crippen LogP contribution is 2.30. The van der Waals surface area contributed by atoms with Gasteiger partial charge in [-0.15, -0.1) is 0 Å². The van der Waals surface area contributed by atoms with E-state index in [2.05, 4.69) is 15.6 Å². The Labute approximate surface area is 307 Å². The molecule has 1 saturated heterocycles. The van der Waals surface area contributed by atoms with E-state index in [-0.39, 0.29) is 36.8 Å². The Bertz CT molecular complexity index is 1840. The summed E-state index contributed by atoms with van der Waals surface area (Å²) in [4.78, 5) is 43.1. The molecule has 2 aliphatic rings. The van der Waals surface area contributed by atoms with Crippen molar-refractivity contribution >= 4 is 34.8 Å². The molecule has 2 fully saturated rings. The number of imidazole rings is 1. The van der Waals surface area contributed by atoms with Gasteiger partial charge in [0.2, 0.25) is 11.9 Å². The lowest BCUT2D eigenvalue weighted by Crippen LogP contribution is -2.58. The van der Waals surface area contributed by atoms with E-state index >= 15 is 0 Å². The van der Waals surface area contributed by atoms with E-state index in [9.17, 15) is 23.5 Å². The Hall–Kier alpha value is -4.89. The first-order valence-electron chi connectivity index (χ1n) is 18.2. The molecule has 284 valence electrons. The Morgan fingerprint density at radius 2 is 1.66 bits per heavy atom. The molecular formula is C38H48F2N8O5. The third-order valence-electron chi connectivity index (χ3n) is 9.62. The van der Waals surface area contributed by atoms with Crippen molar-refractivity contribution in [3.05, 3.63) is 72.1 Å². The van der Waals surface area contributed by atoms with Crippen molar-refractivity contribution in [1.29, 1.82) is 0 Å². The summed E-state index contributed by atoms with van der Waals surface area (Å²) in [5, 5.41) is 16.8. The average molecular weight is 735 g/mol. The van der Waals surface area contributed by atoms with Crippen molar-refractivity contribution in [2.75, 3.05) is 43.1 Å². The van der Waals surface area contributed by atoms with E-state index in [0.717, 1.165) is 5.56 Å².